The van der Waals surface area contributed by atoms with Gasteiger partial charge in [-0.2, -0.15) is 0 Å². The summed E-state index contributed by atoms with van der Waals surface area (Å²) in [7, 11) is -1.02. The van der Waals surface area contributed by atoms with Crippen molar-refractivity contribution in [2.45, 2.75) is 37.0 Å². The van der Waals surface area contributed by atoms with E-state index in [0.717, 1.165) is 32.3 Å². The van der Waals surface area contributed by atoms with E-state index in [1.165, 1.54) is 0 Å². The second-order valence-electron chi connectivity index (χ2n) is 4.84. The molecule has 5 heteroatoms. The van der Waals surface area contributed by atoms with Crippen LogP contribution in [0.3, 0.4) is 0 Å². The van der Waals surface area contributed by atoms with Gasteiger partial charge in [0.25, 0.3) is 0 Å². The largest absolute Gasteiger partial charge is 0.381 e. The molecule has 1 N–H and O–H groups in total. The highest BCUT2D eigenvalue weighted by atomic mass is 32.2. The average Bonchev–Trinajstić information content (AvgIpc) is 2.75. The maximum atomic E-state index is 12.1. The molecule has 0 saturated carbocycles. The zero-order valence-corrected chi connectivity index (χ0v) is 10.6. The molecule has 2 saturated heterocycles. The van der Waals surface area contributed by atoms with Crippen molar-refractivity contribution in [3.63, 3.8) is 0 Å². The fraction of sp³-hybridized carbons (Fsp3) is 1.00. The molecule has 0 amide bonds. The maximum absolute atomic E-state index is 12.1. The predicted molar refractivity (Wildman–Crippen MR) is 63.2 cm³/mol. The molecule has 4 nitrogen and oxygen atoms in total. The van der Waals surface area contributed by atoms with Gasteiger partial charge in [0.05, 0.1) is 17.6 Å². The third-order valence-electron chi connectivity index (χ3n) is 3.84. The smallest absolute Gasteiger partial charge is 0.154 e. The second-order valence-corrected chi connectivity index (χ2v) is 7.18. The first-order valence-electron chi connectivity index (χ1n) is 6.12. The Kier molecular flexibility index (Phi) is 3.87. The molecule has 0 spiro atoms. The Bertz CT molecular complexity index is 322. The van der Waals surface area contributed by atoms with Crippen LogP contribution in [0.4, 0.5) is 0 Å². The highest BCUT2D eigenvalue weighted by Gasteiger charge is 2.39. The molecule has 0 aromatic heterocycles. The van der Waals surface area contributed by atoms with Crippen molar-refractivity contribution in [1.29, 1.82) is 0 Å². The zero-order chi connectivity index (χ0) is 11.6. The summed E-state index contributed by atoms with van der Waals surface area (Å²) in [6.07, 6.45) is 3.66. The van der Waals surface area contributed by atoms with Gasteiger partial charge in [0, 0.05) is 18.6 Å². The lowest BCUT2D eigenvalue weighted by atomic mass is 9.93. The summed E-state index contributed by atoms with van der Waals surface area (Å²) in [6, 6.07) is 0.0767. The summed E-state index contributed by atoms with van der Waals surface area (Å²) in [5.41, 5.74) is 0. The van der Waals surface area contributed by atoms with Crippen LogP contribution in [-0.4, -0.2) is 45.7 Å². The Morgan fingerprint density at radius 3 is 2.69 bits per heavy atom. The molecule has 0 aromatic carbocycles. The third-order valence-corrected chi connectivity index (χ3v) is 6.14. The lowest BCUT2D eigenvalue weighted by Crippen LogP contribution is -2.49. The van der Waals surface area contributed by atoms with E-state index in [1.54, 1.807) is 0 Å². The van der Waals surface area contributed by atoms with Crippen LogP contribution in [0.25, 0.3) is 0 Å². The molecule has 3 atom stereocenters. The summed E-state index contributed by atoms with van der Waals surface area (Å²) < 4.78 is 29.5. The number of hydrogen-bond acceptors (Lipinski definition) is 4. The van der Waals surface area contributed by atoms with Crippen molar-refractivity contribution in [2.75, 3.05) is 26.0 Å². The molecule has 0 aliphatic carbocycles. The summed E-state index contributed by atoms with van der Waals surface area (Å²) in [5.74, 6) is 0.728. The SMILES string of the molecule is CNC(C1CCOC1)C1CCCCS1(=O)=O. The summed E-state index contributed by atoms with van der Waals surface area (Å²) in [6.45, 7) is 1.48. The maximum Gasteiger partial charge on any atom is 0.154 e. The number of nitrogens with one attached hydrogen (secondary N) is 1. The van der Waals surface area contributed by atoms with Gasteiger partial charge in [-0.1, -0.05) is 6.42 Å². The predicted octanol–water partition coefficient (Wildman–Crippen LogP) is 0.578. The Balaban J connectivity index is 2.12. The number of hydrogen-bond donors (Lipinski definition) is 1. The van der Waals surface area contributed by atoms with E-state index in [0.29, 0.717) is 18.3 Å². The first-order chi connectivity index (χ1) is 7.65. The van der Waals surface area contributed by atoms with Gasteiger partial charge in [-0.05, 0) is 26.3 Å². The third kappa shape index (κ3) is 2.41. The molecular weight excluding hydrogens is 226 g/mol. The van der Waals surface area contributed by atoms with Gasteiger partial charge in [0.1, 0.15) is 0 Å². The van der Waals surface area contributed by atoms with Crippen LogP contribution < -0.4 is 5.32 Å². The number of ether oxygens (including phenoxy) is 1. The van der Waals surface area contributed by atoms with E-state index in [9.17, 15) is 8.42 Å². The standard InChI is InChI=1S/C11H21NO3S/c1-12-11(9-5-6-15-8-9)10-4-2-3-7-16(10,13)14/h9-12H,2-8H2,1H3. The molecular formula is C11H21NO3S. The van der Waals surface area contributed by atoms with Gasteiger partial charge in [-0.15, -0.1) is 0 Å². The van der Waals surface area contributed by atoms with Crippen molar-refractivity contribution in [3.05, 3.63) is 0 Å². The van der Waals surface area contributed by atoms with Crippen molar-refractivity contribution < 1.29 is 13.2 Å². The fourth-order valence-corrected chi connectivity index (χ4v) is 5.18. The molecule has 94 valence electrons. The van der Waals surface area contributed by atoms with Gasteiger partial charge in [0.2, 0.25) is 0 Å². The molecule has 16 heavy (non-hydrogen) atoms. The topological polar surface area (TPSA) is 55.4 Å². The molecule has 2 aliphatic heterocycles. The highest BCUT2D eigenvalue weighted by Crippen LogP contribution is 2.28. The van der Waals surface area contributed by atoms with Crippen LogP contribution in [0.5, 0.6) is 0 Å². The first kappa shape index (κ1) is 12.3. The van der Waals surface area contributed by atoms with Crippen LogP contribution in [0.15, 0.2) is 0 Å². The minimum absolute atomic E-state index is 0.0767. The molecule has 0 radical (unpaired) electrons. The Morgan fingerprint density at radius 1 is 1.31 bits per heavy atom. The summed E-state index contributed by atoms with van der Waals surface area (Å²) in [5, 5.41) is 3.01. The molecule has 0 aromatic rings. The van der Waals surface area contributed by atoms with Crippen LogP contribution in [0.2, 0.25) is 0 Å². The van der Waals surface area contributed by atoms with E-state index in [4.69, 9.17) is 4.74 Å². The van der Waals surface area contributed by atoms with Crippen molar-refractivity contribution in [2.24, 2.45) is 5.92 Å². The minimum atomic E-state index is -2.89. The van der Waals surface area contributed by atoms with Crippen LogP contribution >= 0.6 is 0 Å². The van der Waals surface area contributed by atoms with E-state index in [-0.39, 0.29) is 11.3 Å². The molecule has 2 fully saturated rings. The minimum Gasteiger partial charge on any atom is -0.381 e. The molecule has 2 rings (SSSR count). The van der Waals surface area contributed by atoms with E-state index in [1.807, 2.05) is 7.05 Å². The van der Waals surface area contributed by atoms with Crippen LogP contribution in [0, 0.1) is 5.92 Å². The van der Waals surface area contributed by atoms with Crippen LogP contribution in [0.1, 0.15) is 25.7 Å². The van der Waals surface area contributed by atoms with Crippen LogP contribution in [-0.2, 0) is 14.6 Å². The highest BCUT2D eigenvalue weighted by molar-refractivity contribution is 7.92. The summed E-state index contributed by atoms with van der Waals surface area (Å²) >= 11 is 0. The Labute approximate surface area is 97.7 Å². The average molecular weight is 247 g/mol. The van der Waals surface area contributed by atoms with Crippen molar-refractivity contribution >= 4 is 9.84 Å². The normalized spacial score (nSPS) is 36.1. The van der Waals surface area contributed by atoms with Crippen molar-refractivity contribution in [1.82, 2.24) is 5.32 Å². The number of sulfone groups is 1. The molecule has 0 bridgehead atoms. The molecule has 2 aliphatic rings. The lowest BCUT2D eigenvalue weighted by Gasteiger charge is -2.33. The summed E-state index contributed by atoms with van der Waals surface area (Å²) in [4.78, 5) is 0. The number of rotatable bonds is 3. The zero-order valence-electron chi connectivity index (χ0n) is 9.81. The van der Waals surface area contributed by atoms with E-state index in [2.05, 4.69) is 5.32 Å². The molecule has 3 unspecified atom stereocenters. The first-order valence-corrected chi connectivity index (χ1v) is 7.83. The van der Waals surface area contributed by atoms with Gasteiger partial charge in [0.15, 0.2) is 9.84 Å². The van der Waals surface area contributed by atoms with E-state index < -0.39 is 9.84 Å². The van der Waals surface area contributed by atoms with E-state index >= 15 is 0 Å². The van der Waals surface area contributed by atoms with Gasteiger partial charge in [-0.3, -0.25) is 0 Å². The van der Waals surface area contributed by atoms with Gasteiger partial charge in [-0.25, -0.2) is 8.42 Å². The Morgan fingerprint density at radius 2 is 2.12 bits per heavy atom. The van der Waals surface area contributed by atoms with Gasteiger partial charge >= 0.3 is 0 Å². The monoisotopic (exact) mass is 247 g/mol. The molecule has 2 heterocycles. The van der Waals surface area contributed by atoms with Gasteiger partial charge < -0.3 is 10.1 Å². The second kappa shape index (κ2) is 5.02. The Hall–Kier alpha value is -0.130. The van der Waals surface area contributed by atoms with Crippen molar-refractivity contribution in [3.8, 4) is 0 Å². The fourth-order valence-electron chi connectivity index (χ4n) is 2.94. The lowest BCUT2D eigenvalue weighted by molar-refractivity contribution is 0.176. The quantitative estimate of drug-likeness (QED) is 0.792.